The average molecular weight is 290 g/mol. The zero-order chi connectivity index (χ0) is 14.9. The Morgan fingerprint density at radius 1 is 1.00 bits per heavy atom. The zero-order valence-corrected chi connectivity index (χ0v) is 13.1. The van der Waals surface area contributed by atoms with Gasteiger partial charge in [-0.1, -0.05) is 29.8 Å². The molecule has 0 spiro atoms. The van der Waals surface area contributed by atoms with E-state index in [0.717, 1.165) is 33.6 Å². The van der Waals surface area contributed by atoms with E-state index in [4.69, 9.17) is 22.1 Å². The second-order valence-electron chi connectivity index (χ2n) is 5.18. The number of aryl methyl sites for hydroxylation is 3. The van der Waals surface area contributed by atoms with Crippen molar-refractivity contribution in [1.29, 1.82) is 0 Å². The van der Waals surface area contributed by atoms with Gasteiger partial charge in [0.1, 0.15) is 5.75 Å². The fourth-order valence-electron chi connectivity index (χ4n) is 2.42. The van der Waals surface area contributed by atoms with Crippen molar-refractivity contribution in [3.63, 3.8) is 0 Å². The zero-order valence-electron chi connectivity index (χ0n) is 12.3. The van der Waals surface area contributed by atoms with Gasteiger partial charge in [-0.3, -0.25) is 0 Å². The molecule has 0 amide bonds. The summed E-state index contributed by atoms with van der Waals surface area (Å²) >= 11 is 6.32. The molecule has 2 N–H and O–H groups in total. The van der Waals surface area contributed by atoms with E-state index in [1.54, 1.807) is 7.11 Å². The summed E-state index contributed by atoms with van der Waals surface area (Å²) in [6.07, 6.45) is 0. The maximum Gasteiger partial charge on any atom is 0.122 e. The molecule has 2 aromatic carbocycles. The van der Waals surface area contributed by atoms with Gasteiger partial charge in [0.15, 0.2) is 0 Å². The van der Waals surface area contributed by atoms with Gasteiger partial charge in [0.2, 0.25) is 0 Å². The van der Waals surface area contributed by atoms with E-state index >= 15 is 0 Å². The SMILES string of the molecule is COc1cc(C)c(C(N)c2ccc(C)cc2Cl)cc1C. The van der Waals surface area contributed by atoms with E-state index < -0.39 is 0 Å². The molecular weight excluding hydrogens is 270 g/mol. The predicted octanol–water partition coefficient (Wildman–Crippen LogP) is 4.32. The van der Waals surface area contributed by atoms with Crippen molar-refractivity contribution in [2.75, 3.05) is 7.11 Å². The molecule has 0 bridgehead atoms. The molecule has 20 heavy (non-hydrogen) atoms. The monoisotopic (exact) mass is 289 g/mol. The van der Waals surface area contributed by atoms with E-state index in [1.807, 2.05) is 45.0 Å². The molecule has 106 valence electrons. The van der Waals surface area contributed by atoms with Crippen LogP contribution in [0.5, 0.6) is 5.75 Å². The molecule has 1 atom stereocenters. The van der Waals surface area contributed by atoms with Crippen LogP contribution in [0.15, 0.2) is 30.3 Å². The lowest BCUT2D eigenvalue weighted by Gasteiger charge is -2.19. The standard InChI is InChI=1S/C17H20ClNO/c1-10-5-6-13(15(18)7-10)17(19)14-8-12(3)16(20-4)9-11(14)2/h5-9,17H,19H2,1-4H3. The van der Waals surface area contributed by atoms with Gasteiger partial charge in [0.05, 0.1) is 13.2 Å². The summed E-state index contributed by atoms with van der Waals surface area (Å²) in [5, 5.41) is 0.713. The van der Waals surface area contributed by atoms with Gasteiger partial charge in [0.25, 0.3) is 0 Å². The fourth-order valence-corrected chi connectivity index (χ4v) is 2.77. The number of benzene rings is 2. The second kappa shape index (κ2) is 5.86. The van der Waals surface area contributed by atoms with Crippen LogP contribution in [-0.4, -0.2) is 7.11 Å². The minimum atomic E-state index is -0.229. The summed E-state index contributed by atoms with van der Waals surface area (Å²) in [7, 11) is 1.68. The molecule has 0 radical (unpaired) electrons. The third-order valence-corrected chi connectivity index (χ3v) is 3.94. The second-order valence-corrected chi connectivity index (χ2v) is 5.59. The molecule has 2 nitrogen and oxygen atoms in total. The number of methoxy groups -OCH3 is 1. The van der Waals surface area contributed by atoms with Crippen molar-refractivity contribution < 1.29 is 4.74 Å². The number of ether oxygens (including phenoxy) is 1. The van der Waals surface area contributed by atoms with Gasteiger partial charge in [-0.2, -0.15) is 0 Å². The van der Waals surface area contributed by atoms with Gasteiger partial charge < -0.3 is 10.5 Å². The van der Waals surface area contributed by atoms with Crippen LogP contribution in [-0.2, 0) is 0 Å². The minimum Gasteiger partial charge on any atom is -0.496 e. The maximum atomic E-state index is 6.40. The van der Waals surface area contributed by atoms with Crippen LogP contribution in [0.25, 0.3) is 0 Å². The Morgan fingerprint density at radius 3 is 2.30 bits per heavy atom. The highest BCUT2D eigenvalue weighted by molar-refractivity contribution is 6.31. The quantitative estimate of drug-likeness (QED) is 0.913. The lowest BCUT2D eigenvalue weighted by atomic mass is 9.93. The van der Waals surface area contributed by atoms with Gasteiger partial charge in [0, 0.05) is 5.02 Å². The van der Waals surface area contributed by atoms with Crippen molar-refractivity contribution in [2.45, 2.75) is 26.8 Å². The maximum absolute atomic E-state index is 6.40. The van der Waals surface area contributed by atoms with Crippen LogP contribution in [0.1, 0.15) is 33.9 Å². The van der Waals surface area contributed by atoms with E-state index in [2.05, 4.69) is 6.07 Å². The van der Waals surface area contributed by atoms with E-state index in [-0.39, 0.29) is 6.04 Å². The highest BCUT2D eigenvalue weighted by Crippen LogP contribution is 2.32. The highest BCUT2D eigenvalue weighted by Gasteiger charge is 2.16. The Hall–Kier alpha value is -1.51. The van der Waals surface area contributed by atoms with Gasteiger partial charge in [-0.25, -0.2) is 0 Å². The molecule has 3 heteroatoms. The van der Waals surface area contributed by atoms with Gasteiger partial charge in [-0.15, -0.1) is 0 Å². The molecular formula is C17H20ClNO. The van der Waals surface area contributed by atoms with Gasteiger partial charge >= 0.3 is 0 Å². The normalized spacial score (nSPS) is 12.3. The van der Waals surface area contributed by atoms with Crippen LogP contribution in [0.3, 0.4) is 0 Å². The first-order valence-electron chi connectivity index (χ1n) is 6.60. The first-order chi connectivity index (χ1) is 9.43. The topological polar surface area (TPSA) is 35.2 Å². The van der Waals surface area contributed by atoms with Crippen LogP contribution in [0.4, 0.5) is 0 Å². The number of hydrogen-bond acceptors (Lipinski definition) is 2. The molecule has 0 fully saturated rings. The summed E-state index contributed by atoms with van der Waals surface area (Å²) in [4.78, 5) is 0. The summed E-state index contributed by atoms with van der Waals surface area (Å²) in [6, 6.07) is 9.85. The van der Waals surface area contributed by atoms with Crippen LogP contribution >= 0.6 is 11.6 Å². The first kappa shape index (κ1) is 14.9. The summed E-state index contributed by atoms with van der Waals surface area (Å²) in [5.41, 5.74) is 11.7. The number of nitrogens with two attached hydrogens (primary N) is 1. The first-order valence-corrected chi connectivity index (χ1v) is 6.98. The van der Waals surface area contributed by atoms with E-state index in [0.29, 0.717) is 5.02 Å². The molecule has 2 aromatic rings. The molecule has 0 aliphatic rings. The summed E-state index contributed by atoms with van der Waals surface area (Å²) in [5.74, 6) is 0.883. The molecule has 0 saturated heterocycles. The number of hydrogen-bond donors (Lipinski definition) is 1. The third-order valence-electron chi connectivity index (χ3n) is 3.61. The molecule has 0 aliphatic carbocycles. The average Bonchev–Trinajstić information content (AvgIpc) is 2.40. The molecule has 0 heterocycles. The largest absolute Gasteiger partial charge is 0.496 e. The minimum absolute atomic E-state index is 0.229. The predicted molar refractivity (Wildman–Crippen MR) is 84.7 cm³/mol. The smallest absolute Gasteiger partial charge is 0.122 e. The Bertz CT molecular complexity index is 637. The molecule has 0 saturated carbocycles. The Kier molecular flexibility index (Phi) is 4.36. The number of rotatable bonds is 3. The van der Waals surface area contributed by atoms with E-state index in [9.17, 15) is 0 Å². The van der Waals surface area contributed by atoms with Crippen molar-refractivity contribution in [3.05, 3.63) is 63.2 Å². The molecule has 1 unspecified atom stereocenters. The number of halogens is 1. The fraction of sp³-hybridized carbons (Fsp3) is 0.294. The van der Waals surface area contributed by atoms with E-state index in [1.165, 1.54) is 0 Å². The molecule has 0 aromatic heterocycles. The Labute approximate surface area is 125 Å². The summed E-state index contributed by atoms with van der Waals surface area (Å²) < 4.78 is 5.34. The third kappa shape index (κ3) is 2.82. The van der Waals surface area contributed by atoms with Crippen LogP contribution in [0, 0.1) is 20.8 Å². The molecule has 0 aliphatic heterocycles. The Balaban J connectivity index is 2.48. The summed E-state index contributed by atoms with van der Waals surface area (Å²) in [6.45, 7) is 6.08. The van der Waals surface area contributed by atoms with Crippen molar-refractivity contribution in [2.24, 2.45) is 5.73 Å². The molecule has 2 rings (SSSR count). The lowest BCUT2D eigenvalue weighted by molar-refractivity contribution is 0.411. The van der Waals surface area contributed by atoms with Crippen molar-refractivity contribution in [1.82, 2.24) is 0 Å². The van der Waals surface area contributed by atoms with Crippen molar-refractivity contribution in [3.8, 4) is 5.75 Å². The lowest BCUT2D eigenvalue weighted by Crippen LogP contribution is -2.14. The Morgan fingerprint density at radius 2 is 1.70 bits per heavy atom. The van der Waals surface area contributed by atoms with Crippen molar-refractivity contribution >= 4 is 11.6 Å². The highest BCUT2D eigenvalue weighted by atomic mass is 35.5. The van der Waals surface area contributed by atoms with Crippen LogP contribution < -0.4 is 10.5 Å². The van der Waals surface area contributed by atoms with Crippen LogP contribution in [0.2, 0.25) is 5.02 Å². The van der Waals surface area contributed by atoms with Gasteiger partial charge in [-0.05, 0) is 60.7 Å².